The quantitative estimate of drug-likeness (QED) is 0.812. The molecule has 0 fully saturated rings. The molecule has 0 heterocycles. The third-order valence-corrected chi connectivity index (χ3v) is 2.54. The van der Waals surface area contributed by atoms with Gasteiger partial charge >= 0.3 is 0 Å². The van der Waals surface area contributed by atoms with Crippen molar-refractivity contribution in [3.63, 3.8) is 0 Å². The lowest BCUT2D eigenvalue weighted by atomic mass is 10.2. The van der Waals surface area contributed by atoms with E-state index in [-0.39, 0.29) is 5.82 Å². The number of benzene rings is 2. The van der Waals surface area contributed by atoms with E-state index in [9.17, 15) is 4.39 Å². The lowest BCUT2D eigenvalue weighted by Gasteiger charge is -2.09. The van der Waals surface area contributed by atoms with Crippen molar-refractivity contribution in [2.24, 2.45) is 0 Å². The van der Waals surface area contributed by atoms with Crippen LogP contribution < -0.4 is 10.1 Å². The first-order valence-corrected chi connectivity index (χ1v) is 5.93. The molecule has 18 heavy (non-hydrogen) atoms. The number of ether oxygens (including phenoxy) is 1. The largest absolute Gasteiger partial charge is 0.489 e. The van der Waals surface area contributed by atoms with E-state index in [1.807, 2.05) is 25.1 Å². The van der Waals surface area contributed by atoms with Gasteiger partial charge in [-0.3, -0.25) is 0 Å². The van der Waals surface area contributed by atoms with Gasteiger partial charge in [-0.2, -0.15) is 0 Å². The summed E-state index contributed by atoms with van der Waals surface area (Å²) in [6, 6.07) is 14.5. The maximum Gasteiger partial charge on any atom is 0.165 e. The first kappa shape index (κ1) is 12.4. The molecule has 0 amide bonds. The summed E-state index contributed by atoms with van der Waals surface area (Å²) in [5.41, 5.74) is 2.25. The normalized spacial score (nSPS) is 10.1. The zero-order chi connectivity index (χ0) is 12.8. The zero-order valence-electron chi connectivity index (χ0n) is 10.3. The summed E-state index contributed by atoms with van der Waals surface area (Å²) >= 11 is 0. The minimum absolute atomic E-state index is 0.295. The summed E-state index contributed by atoms with van der Waals surface area (Å²) in [6.45, 7) is 3.10. The molecule has 0 radical (unpaired) electrons. The van der Waals surface area contributed by atoms with Crippen LogP contribution in [-0.4, -0.2) is 13.2 Å². The van der Waals surface area contributed by atoms with Crippen LogP contribution >= 0.6 is 0 Å². The molecule has 3 heteroatoms. The van der Waals surface area contributed by atoms with Gasteiger partial charge in [-0.15, -0.1) is 0 Å². The Kier molecular flexibility index (Phi) is 4.18. The molecule has 94 valence electrons. The monoisotopic (exact) mass is 245 g/mol. The van der Waals surface area contributed by atoms with Gasteiger partial charge in [0.2, 0.25) is 0 Å². The first-order chi connectivity index (χ1) is 8.75. The Bertz CT molecular complexity index is 513. The Morgan fingerprint density at radius 2 is 1.94 bits per heavy atom. The first-order valence-electron chi connectivity index (χ1n) is 5.93. The Balaban J connectivity index is 1.78. The van der Waals surface area contributed by atoms with E-state index in [1.54, 1.807) is 18.2 Å². The second-order valence-corrected chi connectivity index (χ2v) is 4.08. The lowest BCUT2D eigenvalue weighted by molar-refractivity contribution is 0.315. The smallest absolute Gasteiger partial charge is 0.165 e. The molecule has 0 aliphatic heterocycles. The maximum absolute atomic E-state index is 13.2. The molecular formula is C15H16FNO. The molecule has 1 N–H and O–H groups in total. The molecule has 0 saturated heterocycles. The SMILES string of the molecule is Cc1cccc(NCCOc2ccccc2F)c1. The van der Waals surface area contributed by atoms with E-state index >= 15 is 0 Å². The van der Waals surface area contributed by atoms with Gasteiger partial charge in [0.1, 0.15) is 6.61 Å². The van der Waals surface area contributed by atoms with Gasteiger partial charge in [-0.05, 0) is 36.8 Å². The van der Waals surface area contributed by atoms with Gasteiger partial charge in [0, 0.05) is 12.2 Å². The van der Waals surface area contributed by atoms with Crippen LogP contribution in [0, 0.1) is 12.7 Å². The van der Waals surface area contributed by atoms with Gasteiger partial charge in [0.15, 0.2) is 11.6 Å². The molecule has 0 atom stereocenters. The van der Waals surface area contributed by atoms with Crippen LogP contribution in [-0.2, 0) is 0 Å². The van der Waals surface area contributed by atoms with Crippen LogP contribution in [0.1, 0.15) is 5.56 Å². The fraction of sp³-hybridized carbons (Fsp3) is 0.200. The van der Waals surface area contributed by atoms with E-state index in [2.05, 4.69) is 11.4 Å². The summed E-state index contributed by atoms with van der Waals surface area (Å²) < 4.78 is 18.6. The fourth-order valence-electron chi connectivity index (χ4n) is 1.67. The minimum Gasteiger partial charge on any atom is -0.489 e. The topological polar surface area (TPSA) is 21.3 Å². The number of nitrogens with one attached hydrogen (secondary N) is 1. The average Bonchev–Trinajstić information content (AvgIpc) is 2.37. The van der Waals surface area contributed by atoms with Crippen LogP contribution in [0.3, 0.4) is 0 Å². The fourth-order valence-corrected chi connectivity index (χ4v) is 1.67. The Labute approximate surface area is 106 Å². The van der Waals surface area contributed by atoms with E-state index in [0.717, 1.165) is 5.69 Å². The number of halogens is 1. The molecule has 0 bridgehead atoms. The molecule has 0 aliphatic carbocycles. The van der Waals surface area contributed by atoms with E-state index in [4.69, 9.17) is 4.74 Å². The molecule has 2 aromatic rings. The second kappa shape index (κ2) is 6.05. The highest BCUT2D eigenvalue weighted by molar-refractivity contribution is 5.45. The summed E-state index contributed by atoms with van der Waals surface area (Å²) in [4.78, 5) is 0. The van der Waals surface area contributed by atoms with Crippen molar-refractivity contribution in [2.45, 2.75) is 6.92 Å². The Morgan fingerprint density at radius 1 is 1.11 bits per heavy atom. The Morgan fingerprint density at radius 3 is 2.72 bits per heavy atom. The zero-order valence-corrected chi connectivity index (χ0v) is 10.3. The predicted molar refractivity (Wildman–Crippen MR) is 71.6 cm³/mol. The third-order valence-electron chi connectivity index (χ3n) is 2.54. The summed E-state index contributed by atoms with van der Waals surface area (Å²) in [5.74, 6) is -0.0309. The number of hydrogen-bond acceptors (Lipinski definition) is 2. The second-order valence-electron chi connectivity index (χ2n) is 4.08. The predicted octanol–water partition coefficient (Wildman–Crippen LogP) is 3.63. The van der Waals surface area contributed by atoms with Gasteiger partial charge < -0.3 is 10.1 Å². The van der Waals surface area contributed by atoms with Gasteiger partial charge in [-0.25, -0.2) is 4.39 Å². The van der Waals surface area contributed by atoms with Gasteiger partial charge in [0.05, 0.1) is 0 Å². The molecule has 0 aromatic heterocycles. The maximum atomic E-state index is 13.2. The minimum atomic E-state index is -0.326. The molecule has 2 aromatic carbocycles. The summed E-state index contributed by atoms with van der Waals surface area (Å²) in [7, 11) is 0. The highest BCUT2D eigenvalue weighted by Crippen LogP contribution is 2.15. The molecule has 0 unspecified atom stereocenters. The average molecular weight is 245 g/mol. The molecule has 0 saturated carbocycles. The molecule has 2 rings (SSSR count). The molecule has 0 spiro atoms. The number of anilines is 1. The third kappa shape index (κ3) is 3.48. The van der Waals surface area contributed by atoms with E-state index < -0.39 is 0 Å². The van der Waals surface area contributed by atoms with Crippen molar-refractivity contribution < 1.29 is 9.13 Å². The number of hydrogen-bond donors (Lipinski definition) is 1. The van der Waals surface area contributed by atoms with Crippen LogP contribution in [0.5, 0.6) is 5.75 Å². The van der Waals surface area contributed by atoms with Crippen molar-refractivity contribution in [3.8, 4) is 5.75 Å². The molecule has 0 aliphatic rings. The van der Waals surface area contributed by atoms with E-state index in [1.165, 1.54) is 11.6 Å². The number of aryl methyl sites for hydroxylation is 1. The van der Waals surface area contributed by atoms with Crippen molar-refractivity contribution in [1.82, 2.24) is 0 Å². The number of rotatable bonds is 5. The highest BCUT2D eigenvalue weighted by atomic mass is 19.1. The van der Waals surface area contributed by atoms with Crippen molar-refractivity contribution in [1.29, 1.82) is 0 Å². The summed E-state index contributed by atoms with van der Waals surface area (Å²) in [6.07, 6.45) is 0. The standard InChI is InChI=1S/C15H16FNO/c1-12-5-4-6-13(11-12)17-9-10-18-15-8-3-2-7-14(15)16/h2-8,11,17H,9-10H2,1H3. The van der Waals surface area contributed by atoms with Crippen molar-refractivity contribution in [3.05, 3.63) is 59.9 Å². The van der Waals surface area contributed by atoms with Crippen LogP contribution in [0.25, 0.3) is 0 Å². The van der Waals surface area contributed by atoms with E-state index in [0.29, 0.717) is 18.9 Å². The van der Waals surface area contributed by atoms with Crippen molar-refractivity contribution in [2.75, 3.05) is 18.5 Å². The van der Waals surface area contributed by atoms with Gasteiger partial charge in [-0.1, -0.05) is 24.3 Å². The lowest BCUT2D eigenvalue weighted by Crippen LogP contribution is -2.12. The van der Waals surface area contributed by atoms with Crippen molar-refractivity contribution >= 4 is 5.69 Å². The van der Waals surface area contributed by atoms with Crippen LogP contribution in [0.4, 0.5) is 10.1 Å². The molecular weight excluding hydrogens is 229 g/mol. The van der Waals surface area contributed by atoms with Crippen LogP contribution in [0.15, 0.2) is 48.5 Å². The summed E-state index contributed by atoms with van der Waals surface area (Å²) in [5, 5.41) is 3.23. The molecule has 2 nitrogen and oxygen atoms in total. The van der Waals surface area contributed by atoms with Crippen LogP contribution in [0.2, 0.25) is 0 Å². The highest BCUT2D eigenvalue weighted by Gasteiger charge is 2.00. The number of para-hydroxylation sites is 1. The Hall–Kier alpha value is -2.03. The van der Waals surface area contributed by atoms with Gasteiger partial charge in [0.25, 0.3) is 0 Å².